The minimum Gasteiger partial charge on any atom is -0.377 e. The first-order chi connectivity index (χ1) is 8.33. The van der Waals surface area contributed by atoms with Gasteiger partial charge in [-0.05, 0) is 29.2 Å². The average molecular weight is 230 g/mol. The molecule has 2 amide bonds. The number of carbonyl (C=O) groups excluding carboxylic acids is 1. The Hall–Kier alpha value is -1.81. The maximum atomic E-state index is 11.3. The van der Waals surface area contributed by atoms with Crippen LogP contribution in [0.25, 0.3) is 5.57 Å². The van der Waals surface area contributed by atoms with Gasteiger partial charge in [0.15, 0.2) is 0 Å². The van der Waals surface area contributed by atoms with E-state index < -0.39 is 0 Å². The van der Waals surface area contributed by atoms with Crippen LogP contribution >= 0.6 is 0 Å². The van der Waals surface area contributed by atoms with Crippen molar-refractivity contribution >= 4 is 17.3 Å². The van der Waals surface area contributed by atoms with Crippen LogP contribution in [0.2, 0.25) is 0 Å². The van der Waals surface area contributed by atoms with Crippen molar-refractivity contribution in [3.05, 3.63) is 35.4 Å². The van der Waals surface area contributed by atoms with Gasteiger partial charge in [0.1, 0.15) is 0 Å². The Bertz CT molecular complexity index is 494. The van der Waals surface area contributed by atoms with Crippen LogP contribution in [0.15, 0.2) is 24.3 Å². The number of ether oxygens (including phenoxy) is 1. The highest BCUT2D eigenvalue weighted by Crippen LogP contribution is 2.27. The summed E-state index contributed by atoms with van der Waals surface area (Å²) < 4.78 is 5.29. The zero-order chi connectivity index (χ0) is 11.7. The van der Waals surface area contributed by atoms with Crippen molar-refractivity contribution in [3.8, 4) is 0 Å². The number of anilines is 1. The molecule has 2 heterocycles. The third kappa shape index (κ3) is 2.03. The van der Waals surface area contributed by atoms with Crippen molar-refractivity contribution in [2.24, 2.45) is 0 Å². The molecular formula is C13H14N2O2. The van der Waals surface area contributed by atoms with E-state index in [4.69, 9.17) is 4.74 Å². The van der Waals surface area contributed by atoms with Crippen LogP contribution in [0, 0.1) is 0 Å². The summed E-state index contributed by atoms with van der Waals surface area (Å²) in [4.78, 5) is 11.3. The number of rotatable bonds is 1. The molecule has 2 aliphatic rings. The highest BCUT2D eigenvalue weighted by atomic mass is 16.5. The maximum Gasteiger partial charge on any atom is 0.319 e. The Balaban J connectivity index is 1.94. The first-order valence-electron chi connectivity index (χ1n) is 5.78. The molecule has 2 aliphatic heterocycles. The quantitative estimate of drug-likeness (QED) is 0.776. The van der Waals surface area contributed by atoms with E-state index >= 15 is 0 Å². The van der Waals surface area contributed by atoms with E-state index in [9.17, 15) is 4.79 Å². The van der Waals surface area contributed by atoms with Crippen LogP contribution in [0.1, 0.15) is 17.5 Å². The number of hydrogen-bond donors (Lipinski definition) is 2. The van der Waals surface area contributed by atoms with E-state index in [1.165, 1.54) is 11.1 Å². The molecule has 0 aromatic heterocycles. The number of hydrogen-bond acceptors (Lipinski definition) is 2. The molecule has 1 aromatic rings. The van der Waals surface area contributed by atoms with Crippen molar-refractivity contribution < 1.29 is 9.53 Å². The predicted molar refractivity (Wildman–Crippen MR) is 65.7 cm³/mol. The van der Waals surface area contributed by atoms with Crippen LogP contribution in [0.5, 0.6) is 0 Å². The summed E-state index contributed by atoms with van der Waals surface area (Å²) in [6, 6.07) is 6.09. The van der Waals surface area contributed by atoms with Crippen LogP contribution in [-0.4, -0.2) is 19.2 Å². The normalized spacial score (nSPS) is 18.8. The van der Waals surface area contributed by atoms with E-state index in [-0.39, 0.29) is 6.03 Å². The van der Waals surface area contributed by atoms with Gasteiger partial charge in [0.2, 0.25) is 0 Å². The summed E-state index contributed by atoms with van der Waals surface area (Å²) in [5, 5.41) is 5.58. The maximum absolute atomic E-state index is 11.3. The molecule has 0 aliphatic carbocycles. The van der Waals surface area contributed by atoms with Gasteiger partial charge in [-0.25, -0.2) is 4.79 Å². The van der Waals surface area contributed by atoms with Gasteiger partial charge in [0, 0.05) is 12.2 Å². The van der Waals surface area contributed by atoms with Gasteiger partial charge >= 0.3 is 6.03 Å². The summed E-state index contributed by atoms with van der Waals surface area (Å²) in [6.07, 6.45) is 3.04. The molecule has 0 unspecified atom stereocenters. The first kappa shape index (κ1) is 10.4. The minimum absolute atomic E-state index is 0.129. The van der Waals surface area contributed by atoms with Gasteiger partial charge in [-0.3, -0.25) is 0 Å². The molecule has 0 saturated heterocycles. The van der Waals surface area contributed by atoms with Crippen molar-refractivity contribution in [2.45, 2.75) is 13.0 Å². The fraction of sp³-hybridized carbons (Fsp3) is 0.308. The number of benzene rings is 1. The highest BCUT2D eigenvalue weighted by molar-refractivity contribution is 5.93. The average Bonchev–Trinajstić information content (AvgIpc) is 2.39. The van der Waals surface area contributed by atoms with Crippen molar-refractivity contribution in [2.75, 3.05) is 18.5 Å². The van der Waals surface area contributed by atoms with Gasteiger partial charge in [-0.2, -0.15) is 0 Å². The molecule has 0 fully saturated rings. The van der Waals surface area contributed by atoms with E-state index in [0.717, 1.165) is 24.3 Å². The molecule has 0 atom stereocenters. The lowest BCUT2D eigenvalue weighted by Gasteiger charge is -2.20. The van der Waals surface area contributed by atoms with Gasteiger partial charge in [-0.15, -0.1) is 0 Å². The molecule has 17 heavy (non-hydrogen) atoms. The van der Waals surface area contributed by atoms with Crippen LogP contribution in [0.3, 0.4) is 0 Å². The van der Waals surface area contributed by atoms with Crippen LogP contribution in [-0.2, 0) is 11.3 Å². The van der Waals surface area contributed by atoms with Gasteiger partial charge in [-0.1, -0.05) is 18.2 Å². The van der Waals surface area contributed by atoms with E-state index in [0.29, 0.717) is 13.2 Å². The lowest BCUT2D eigenvalue weighted by atomic mass is 9.98. The number of urea groups is 1. The smallest absolute Gasteiger partial charge is 0.319 e. The Morgan fingerprint density at radius 3 is 3.06 bits per heavy atom. The lowest BCUT2D eigenvalue weighted by Crippen LogP contribution is -2.33. The zero-order valence-electron chi connectivity index (χ0n) is 9.45. The summed E-state index contributed by atoms with van der Waals surface area (Å²) >= 11 is 0. The highest BCUT2D eigenvalue weighted by Gasteiger charge is 2.15. The second-order valence-corrected chi connectivity index (χ2v) is 4.23. The standard InChI is InChI=1S/C13H14N2O2/c16-13-14-8-11-2-1-10(7-12(11)15-13)9-3-5-17-6-4-9/h1-3,7H,4-6,8H2,(H2,14,15,16). The lowest BCUT2D eigenvalue weighted by molar-refractivity contribution is 0.161. The molecule has 4 heteroatoms. The molecule has 4 nitrogen and oxygen atoms in total. The fourth-order valence-corrected chi connectivity index (χ4v) is 2.18. The van der Waals surface area contributed by atoms with Crippen LogP contribution < -0.4 is 10.6 Å². The summed E-state index contributed by atoms with van der Waals surface area (Å²) in [5.74, 6) is 0. The Morgan fingerprint density at radius 1 is 1.29 bits per heavy atom. The van der Waals surface area contributed by atoms with Gasteiger partial charge in [0.25, 0.3) is 0 Å². The second kappa shape index (κ2) is 4.22. The third-order valence-corrected chi connectivity index (χ3v) is 3.13. The molecule has 88 valence electrons. The van der Waals surface area contributed by atoms with Crippen molar-refractivity contribution in [3.63, 3.8) is 0 Å². The fourth-order valence-electron chi connectivity index (χ4n) is 2.18. The van der Waals surface area contributed by atoms with E-state index in [1.54, 1.807) is 0 Å². The first-order valence-corrected chi connectivity index (χ1v) is 5.78. The number of carbonyl (C=O) groups is 1. The summed E-state index contributed by atoms with van der Waals surface area (Å²) in [6.45, 7) is 2.06. The molecule has 3 rings (SSSR count). The SMILES string of the molecule is O=C1NCc2ccc(C3=CCOCC3)cc2N1. The number of amides is 2. The number of fused-ring (bicyclic) bond motifs is 1. The minimum atomic E-state index is -0.129. The van der Waals surface area contributed by atoms with Crippen molar-refractivity contribution in [1.82, 2.24) is 5.32 Å². The topological polar surface area (TPSA) is 50.4 Å². The number of nitrogens with one attached hydrogen (secondary N) is 2. The Morgan fingerprint density at radius 2 is 2.24 bits per heavy atom. The van der Waals surface area contributed by atoms with Gasteiger partial charge < -0.3 is 15.4 Å². The molecule has 0 spiro atoms. The van der Waals surface area contributed by atoms with Crippen LogP contribution in [0.4, 0.5) is 10.5 Å². The van der Waals surface area contributed by atoms with E-state index in [2.05, 4.69) is 28.8 Å². The Labute approximate surface area is 99.7 Å². The molecule has 2 N–H and O–H groups in total. The molecular weight excluding hydrogens is 216 g/mol. The van der Waals surface area contributed by atoms with E-state index in [1.807, 2.05) is 6.07 Å². The molecule has 0 radical (unpaired) electrons. The summed E-state index contributed by atoms with van der Waals surface area (Å²) in [5.41, 5.74) is 4.51. The second-order valence-electron chi connectivity index (χ2n) is 4.23. The third-order valence-electron chi connectivity index (χ3n) is 3.13. The molecule has 1 aromatic carbocycles. The molecule has 0 bridgehead atoms. The molecule has 0 saturated carbocycles. The van der Waals surface area contributed by atoms with Gasteiger partial charge in [0.05, 0.1) is 13.2 Å². The largest absolute Gasteiger partial charge is 0.377 e. The zero-order valence-corrected chi connectivity index (χ0v) is 9.45. The Kier molecular flexibility index (Phi) is 2.57. The monoisotopic (exact) mass is 230 g/mol. The predicted octanol–water partition coefficient (Wildman–Crippen LogP) is 2.13. The van der Waals surface area contributed by atoms with Crippen molar-refractivity contribution in [1.29, 1.82) is 0 Å². The summed E-state index contributed by atoms with van der Waals surface area (Å²) in [7, 11) is 0.